The van der Waals surface area contributed by atoms with Crippen molar-refractivity contribution < 1.29 is 18.3 Å². The SMILES string of the molecule is Cc1ccc(C(c2ccc(C)o2)c2cc3c(cc2N=C=S)OCO3)o1. The molecule has 0 bridgehead atoms. The summed E-state index contributed by atoms with van der Waals surface area (Å²) < 4.78 is 22.8. The number of aryl methyl sites for hydroxylation is 2. The second-order valence-corrected chi connectivity index (χ2v) is 5.98. The van der Waals surface area contributed by atoms with Crippen LogP contribution in [0.2, 0.25) is 0 Å². The topological polar surface area (TPSA) is 57.1 Å². The summed E-state index contributed by atoms with van der Waals surface area (Å²) in [7, 11) is 0. The lowest BCUT2D eigenvalue weighted by atomic mass is 9.92. The number of aliphatic imine (C=N–C) groups is 1. The highest BCUT2D eigenvalue weighted by atomic mass is 32.1. The van der Waals surface area contributed by atoms with E-state index in [1.165, 1.54) is 0 Å². The maximum Gasteiger partial charge on any atom is 0.231 e. The molecular weight excluding hydrogens is 338 g/mol. The Morgan fingerprint density at radius 1 is 0.960 bits per heavy atom. The molecule has 25 heavy (non-hydrogen) atoms. The zero-order chi connectivity index (χ0) is 17.4. The van der Waals surface area contributed by atoms with Crippen molar-refractivity contribution in [2.75, 3.05) is 6.79 Å². The minimum atomic E-state index is -0.279. The van der Waals surface area contributed by atoms with Gasteiger partial charge in [0.2, 0.25) is 6.79 Å². The van der Waals surface area contributed by atoms with Gasteiger partial charge in [-0.15, -0.1) is 0 Å². The average molecular weight is 353 g/mol. The standard InChI is InChI=1S/C19H15NO4S/c1-11-3-5-15(23-11)19(16-6-4-12(2)24-16)13-7-17-18(22-10-21-17)8-14(13)20-9-25/h3-8,19H,10H2,1-2H3. The van der Waals surface area contributed by atoms with Gasteiger partial charge >= 0.3 is 0 Å². The molecule has 0 amide bonds. The smallest absolute Gasteiger partial charge is 0.231 e. The Bertz CT molecular complexity index is 941. The highest BCUT2D eigenvalue weighted by Gasteiger charge is 2.29. The first-order valence-corrected chi connectivity index (χ1v) is 8.20. The summed E-state index contributed by atoms with van der Waals surface area (Å²) >= 11 is 4.81. The first-order valence-electron chi connectivity index (χ1n) is 7.80. The molecule has 1 aliphatic heterocycles. The predicted molar refractivity (Wildman–Crippen MR) is 95.1 cm³/mol. The van der Waals surface area contributed by atoms with E-state index in [9.17, 15) is 0 Å². The molecule has 0 radical (unpaired) electrons. The Balaban J connectivity index is 1.94. The number of furan rings is 2. The van der Waals surface area contributed by atoms with Gasteiger partial charge in [-0.3, -0.25) is 0 Å². The normalized spacial score (nSPS) is 12.4. The fourth-order valence-electron chi connectivity index (χ4n) is 2.99. The molecule has 6 heteroatoms. The van der Waals surface area contributed by atoms with E-state index < -0.39 is 0 Å². The molecule has 3 aromatic rings. The molecule has 0 saturated carbocycles. The molecule has 2 aromatic heterocycles. The van der Waals surface area contributed by atoms with Crippen molar-refractivity contribution in [3.63, 3.8) is 0 Å². The van der Waals surface area contributed by atoms with Crippen molar-refractivity contribution in [1.82, 2.24) is 0 Å². The van der Waals surface area contributed by atoms with Crippen molar-refractivity contribution in [3.8, 4) is 11.5 Å². The van der Waals surface area contributed by atoms with E-state index in [0.717, 1.165) is 28.6 Å². The number of hydrogen-bond acceptors (Lipinski definition) is 6. The fourth-order valence-corrected chi connectivity index (χ4v) is 3.09. The number of ether oxygens (including phenoxy) is 2. The van der Waals surface area contributed by atoms with Crippen LogP contribution in [-0.4, -0.2) is 12.0 Å². The summed E-state index contributed by atoms with van der Waals surface area (Å²) in [5, 5.41) is 2.43. The number of fused-ring (bicyclic) bond motifs is 1. The van der Waals surface area contributed by atoms with Crippen molar-refractivity contribution in [2.45, 2.75) is 19.8 Å². The van der Waals surface area contributed by atoms with Crippen molar-refractivity contribution >= 4 is 23.1 Å². The average Bonchev–Trinajstić information content (AvgIpc) is 3.30. The zero-order valence-electron chi connectivity index (χ0n) is 13.7. The number of rotatable bonds is 4. The van der Waals surface area contributed by atoms with Crippen LogP contribution in [0.25, 0.3) is 0 Å². The molecule has 0 spiro atoms. The summed E-state index contributed by atoms with van der Waals surface area (Å²) in [5.74, 6) is 4.18. The molecule has 1 aliphatic rings. The van der Waals surface area contributed by atoms with E-state index >= 15 is 0 Å². The summed E-state index contributed by atoms with van der Waals surface area (Å²) in [6.45, 7) is 4.00. The van der Waals surface area contributed by atoms with E-state index in [0.29, 0.717) is 17.2 Å². The highest BCUT2D eigenvalue weighted by Crippen LogP contribution is 2.45. The third kappa shape index (κ3) is 2.86. The van der Waals surface area contributed by atoms with Crippen molar-refractivity contribution in [3.05, 3.63) is 65.0 Å². The lowest BCUT2D eigenvalue weighted by Crippen LogP contribution is -2.02. The van der Waals surface area contributed by atoms with Crippen LogP contribution in [0.5, 0.6) is 11.5 Å². The molecule has 0 aliphatic carbocycles. The van der Waals surface area contributed by atoms with Crippen LogP contribution in [-0.2, 0) is 0 Å². The van der Waals surface area contributed by atoms with Crippen LogP contribution in [0.3, 0.4) is 0 Å². The minimum Gasteiger partial charge on any atom is -0.465 e. The number of isothiocyanates is 1. The first kappa shape index (κ1) is 15.7. The molecule has 3 heterocycles. The number of nitrogens with zero attached hydrogens (tertiary/aromatic N) is 1. The van der Waals surface area contributed by atoms with Gasteiger partial charge in [-0.2, -0.15) is 4.99 Å². The van der Waals surface area contributed by atoms with Gasteiger partial charge < -0.3 is 18.3 Å². The molecule has 0 fully saturated rings. The lowest BCUT2D eigenvalue weighted by molar-refractivity contribution is 0.174. The molecule has 0 N–H and O–H groups in total. The third-order valence-corrected chi connectivity index (χ3v) is 4.18. The van der Waals surface area contributed by atoms with Gasteiger partial charge in [-0.05, 0) is 56.4 Å². The van der Waals surface area contributed by atoms with E-state index in [1.807, 2.05) is 44.2 Å². The van der Waals surface area contributed by atoms with Gasteiger partial charge in [-0.1, -0.05) is 0 Å². The van der Waals surface area contributed by atoms with E-state index in [2.05, 4.69) is 10.2 Å². The maximum absolute atomic E-state index is 5.90. The van der Waals surface area contributed by atoms with Crippen molar-refractivity contribution in [2.24, 2.45) is 4.99 Å². The molecule has 0 atom stereocenters. The van der Waals surface area contributed by atoms with E-state index in [1.54, 1.807) is 6.07 Å². The summed E-state index contributed by atoms with van der Waals surface area (Å²) in [4.78, 5) is 4.22. The summed E-state index contributed by atoms with van der Waals surface area (Å²) in [6.07, 6.45) is 0. The van der Waals surface area contributed by atoms with Gasteiger partial charge in [0.25, 0.3) is 0 Å². The molecule has 1 aromatic carbocycles. The minimum absolute atomic E-state index is 0.184. The van der Waals surface area contributed by atoms with Crippen LogP contribution >= 0.6 is 12.2 Å². The van der Waals surface area contributed by atoms with Gasteiger partial charge in [0.1, 0.15) is 29.0 Å². The van der Waals surface area contributed by atoms with Crippen LogP contribution in [0.15, 0.2) is 50.2 Å². The predicted octanol–water partition coefficient (Wildman–Crippen LogP) is 5.13. The highest BCUT2D eigenvalue weighted by molar-refractivity contribution is 7.78. The van der Waals surface area contributed by atoms with Crippen LogP contribution < -0.4 is 9.47 Å². The van der Waals surface area contributed by atoms with Crippen LogP contribution in [0, 0.1) is 13.8 Å². The van der Waals surface area contributed by atoms with Crippen LogP contribution in [0.1, 0.15) is 34.5 Å². The Labute approximate surface area is 149 Å². The second kappa shape index (κ2) is 6.24. The third-order valence-electron chi connectivity index (χ3n) is 4.09. The largest absolute Gasteiger partial charge is 0.465 e. The first-order chi connectivity index (χ1) is 12.2. The molecule has 4 rings (SSSR count). The molecule has 126 valence electrons. The van der Waals surface area contributed by atoms with Gasteiger partial charge in [-0.25, -0.2) is 0 Å². The molecular formula is C19H15NO4S. The Morgan fingerprint density at radius 2 is 1.56 bits per heavy atom. The summed E-state index contributed by atoms with van der Waals surface area (Å²) in [6, 6.07) is 11.4. The maximum atomic E-state index is 5.90. The zero-order valence-corrected chi connectivity index (χ0v) is 14.6. The monoisotopic (exact) mass is 353 g/mol. The Morgan fingerprint density at radius 3 is 2.08 bits per heavy atom. The Hall–Kier alpha value is -2.82. The second-order valence-electron chi connectivity index (χ2n) is 5.80. The fraction of sp³-hybridized carbons (Fsp3) is 0.211. The van der Waals surface area contributed by atoms with E-state index in [-0.39, 0.29) is 12.7 Å². The van der Waals surface area contributed by atoms with Crippen molar-refractivity contribution in [1.29, 1.82) is 0 Å². The van der Waals surface area contributed by atoms with Crippen LogP contribution in [0.4, 0.5) is 5.69 Å². The number of benzene rings is 1. The molecule has 5 nitrogen and oxygen atoms in total. The lowest BCUT2D eigenvalue weighted by Gasteiger charge is -2.15. The van der Waals surface area contributed by atoms with Gasteiger partial charge in [0, 0.05) is 11.6 Å². The Kier molecular flexibility index (Phi) is 3.92. The van der Waals surface area contributed by atoms with Gasteiger partial charge in [0.05, 0.1) is 10.8 Å². The quantitative estimate of drug-likeness (QED) is 0.480. The molecule has 0 saturated heterocycles. The number of thiocarbonyl (C=S) groups is 1. The summed E-state index contributed by atoms with van der Waals surface area (Å²) in [5.41, 5.74) is 1.50. The van der Waals surface area contributed by atoms with E-state index in [4.69, 9.17) is 30.5 Å². The number of hydrogen-bond donors (Lipinski definition) is 0. The van der Waals surface area contributed by atoms with Gasteiger partial charge in [0.15, 0.2) is 11.5 Å². The molecule has 0 unspecified atom stereocenters.